The lowest BCUT2D eigenvalue weighted by Gasteiger charge is -2.05. The molecule has 0 spiro atoms. The summed E-state index contributed by atoms with van der Waals surface area (Å²) in [6.07, 6.45) is 0. The van der Waals surface area contributed by atoms with E-state index < -0.39 is 0 Å². The van der Waals surface area contributed by atoms with Crippen molar-refractivity contribution in [3.63, 3.8) is 0 Å². The van der Waals surface area contributed by atoms with Crippen molar-refractivity contribution in [2.75, 3.05) is 0 Å². The number of thiophene rings is 1. The number of aryl methyl sites for hydroxylation is 2. The van der Waals surface area contributed by atoms with Gasteiger partial charge in [0.05, 0.1) is 26.2 Å². The maximum atomic E-state index is 9.29. The average Bonchev–Trinajstić information content (AvgIpc) is 3.09. The Morgan fingerprint density at radius 2 is 1.80 bits per heavy atom. The van der Waals surface area contributed by atoms with E-state index in [2.05, 4.69) is 17.1 Å². The molecule has 0 aliphatic carbocycles. The summed E-state index contributed by atoms with van der Waals surface area (Å²) in [5.41, 5.74) is 3.40. The highest BCUT2D eigenvalue weighted by Gasteiger charge is 2.18. The third-order valence-corrected chi connectivity index (χ3v) is 5.49. The number of nitrogens with zero attached hydrogens (tertiary/aromatic N) is 3. The molecule has 0 amide bonds. The molecule has 0 saturated carbocycles. The zero-order valence-corrected chi connectivity index (χ0v) is 12.5. The number of aromatic nitrogens is 1. The van der Waals surface area contributed by atoms with E-state index in [9.17, 15) is 10.5 Å². The molecule has 0 bridgehead atoms. The van der Waals surface area contributed by atoms with E-state index in [1.807, 2.05) is 31.4 Å². The van der Waals surface area contributed by atoms with Crippen LogP contribution in [0.15, 0.2) is 17.5 Å². The molecule has 0 radical (unpaired) electrons. The van der Waals surface area contributed by atoms with Gasteiger partial charge in [-0.15, -0.1) is 22.7 Å². The molecule has 2 aromatic heterocycles. The summed E-state index contributed by atoms with van der Waals surface area (Å²) in [5, 5.41) is 21.5. The molecule has 0 saturated heterocycles. The quantitative estimate of drug-likeness (QED) is 0.669. The second-order valence-corrected chi connectivity index (χ2v) is 6.34. The second-order valence-electron chi connectivity index (χ2n) is 4.40. The van der Waals surface area contributed by atoms with Crippen LogP contribution < -0.4 is 0 Å². The molecule has 0 unspecified atom stereocenters. The van der Waals surface area contributed by atoms with Crippen molar-refractivity contribution in [1.82, 2.24) is 4.98 Å². The second kappa shape index (κ2) is 4.72. The third-order valence-electron chi connectivity index (χ3n) is 3.28. The predicted molar refractivity (Wildman–Crippen MR) is 81.8 cm³/mol. The zero-order chi connectivity index (χ0) is 14.3. The number of fused-ring (bicyclic) bond motifs is 1. The number of nitriles is 2. The Morgan fingerprint density at radius 3 is 2.40 bits per heavy atom. The van der Waals surface area contributed by atoms with Crippen molar-refractivity contribution in [2.24, 2.45) is 0 Å². The summed E-state index contributed by atoms with van der Waals surface area (Å²) in [4.78, 5) is 5.78. The normalized spacial score (nSPS) is 10.4. The predicted octanol–water partition coefficient (Wildman–Crippen LogP) is 4.39. The van der Waals surface area contributed by atoms with Crippen LogP contribution in [-0.4, -0.2) is 4.98 Å². The summed E-state index contributed by atoms with van der Waals surface area (Å²) >= 11 is 3.22. The van der Waals surface area contributed by atoms with E-state index in [1.54, 1.807) is 22.7 Å². The zero-order valence-electron chi connectivity index (χ0n) is 10.9. The fraction of sp³-hybridized carbons (Fsp3) is 0.133. The van der Waals surface area contributed by atoms with E-state index in [-0.39, 0.29) is 0 Å². The molecular formula is C15H9N3S2. The SMILES string of the molecule is Cc1c(C#N)c(C#N)c(C)c2sc(-c3cccs3)nc12. The van der Waals surface area contributed by atoms with E-state index in [0.717, 1.165) is 31.2 Å². The lowest BCUT2D eigenvalue weighted by atomic mass is 9.98. The highest BCUT2D eigenvalue weighted by atomic mass is 32.1. The highest BCUT2D eigenvalue weighted by molar-refractivity contribution is 7.25. The van der Waals surface area contributed by atoms with Crippen LogP contribution >= 0.6 is 22.7 Å². The molecule has 3 rings (SSSR count). The summed E-state index contributed by atoms with van der Waals surface area (Å²) in [5.74, 6) is 0. The fourth-order valence-electron chi connectivity index (χ4n) is 2.22. The van der Waals surface area contributed by atoms with Crippen molar-refractivity contribution in [2.45, 2.75) is 13.8 Å². The topological polar surface area (TPSA) is 60.5 Å². The van der Waals surface area contributed by atoms with Crippen LogP contribution in [-0.2, 0) is 0 Å². The molecule has 0 atom stereocenters. The standard InChI is InChI=1S/C15H9N3S2/c1-8-10(6-16)11(7-17)9(2)14-13(8)18-15(20-14)12-4-3-5-19-12/h3-5H,1-2H3. The number of hydrogen-bond acceptors (Lipinski definition) is 5. The number of benzene rings is 1. The first-order valence-electron chi connectivity index (χ1n) is 5.95. The first-order valence-corrected chi connectivity index (χ1v) is 7.64. The van der Waals surface area contributed by atoms with Gasteiger partial charge in [0.2, 0.25) is 0 Å². The molecule has 5 heteroatoms. The Hall–Kier alpha value is -2.21. The summed E-state index contributed by atoms with van der Waals surface area (Å²) in [6, 6.07) is 8.31. The minimum absolute atomic E-state index is 0.445. The van der Waals surface area contributed by atoms with Crippen LogP contribution in [0.1, 0.15) is 22.3 Å². The molecule has 3 aromatic rings. The Kier molecular flexibility index (Phi) is 3.02. The van der Waals surface area contributed by atoms with Crippen molar-refractivity contribution in [3.05, 3.63) is 39.8 Å². The Bertz CT molecular complexity index is 833. The van der Waals surface area contributed by atoms with Gasteiger partial charge in [0, 0.05) is 0 Å². The molecule has 0 fully saturated rings. The minimum atomic E-state index is 0.445. The summed E-state index contributed by atoms with van der Waals surface area (Å²) in [7, 11) is 0. The van der Waals surface area contributed by atoms with Gasteiger partial charge in [0.15, 0.2) is 0 Å². The smallest absolute Gasteiger partial charge is 0.134 e. The van der Waals surface area contributed by atoms with Crippen molar-refractivity contribution in [3.8, 4) is 22.0 Å². The van der Waals surface area contributed by atoms with E-state index in [4.69, 9.17) is 0 Å². The maximum absolute atomic E-state index is 9.29. The van der Waals surface area contributed by atoms with Gasteiger partial charge in [0.1, 0.15) is 17.1 Å². The first kappa shape index (κ1) is 12.8. The van der Waals surface area contributed by atoms with E-state index >= 15 is 0 Å². The molecular weight excluding hydrogens is 286 g/mol. The molecule has 3 nitrogen and oxygen atoms in total. The van der Waals surface area contributed by atoms with Gasteiger partial charge in [-0.3, -0.25) is 0 Å². The number of rotatable bonds is 1. The van der Waals surface area contributed by atoms with Gasteiger partial charge in [-0.2, -0.15) is 10.5 Å². The number of thiazole rings is 1. The molecule has 0 aliphatic rings. The first-order chi connectivity index (χ1) is 9.67. The van der Waals surface area contributed by atoms with Crippen LogP contribution in [0.3, 0.4) is 0 Å². The molecule has 96 valence electrons. The van der Waals surface area contributed by atoms with Gasteiger partial charge in [-0.05, 0) is 36.4 Å². The van der Waals surface area contributed by atoms with Crippen LogP contribution in [0.25, 0.3) is 20.1 Å². The van der Waals surface area contributed by atoms with Crippen LogP contribution in [0, 0.1) is 36.5 Å². The maximum Gasteiger partial charge on any atom is 0.134 e. The Labute approximate surface area is 124 Å². The third kappa shape index (κ3) is 1.72. The monoisotopic (exact) mass is 295 g/mol. The van der Waals surface area contributed by atoms with Crippen LogP contribution in [0.2, 0.25) is 0 Å². The minimum Gasteiger partial charge on any atom is -0.235 e. The van der Waals surface area contributed by atoms with Gasteiger partial charge in [-0.25, -0.2) is 4.98 Å². The van der Waals surface area contributed by atoms with Gasteiger partial charge in [-0.1, -0.05) is 6.07 Å². The summed E-state index contributed by atoms with van der Waals surface area (Å²) in [6.45, 7) is 3.75. The van der Waals surface area contributed by atoms with Gasteiger partial charge >= 0.3 is 0 Å². The average molecular weight is 295 g/mol. The van der Waals surface area contributed by atoms with Crippen molar-refractivity contribution < 1.29 is 0 Å². The molecule has 2 heterocycles. The van der Waals surface area contributed by atoms with Crippen LogP contribution in [0.4, 0.5) is 0 Å². The molecule has 1 aromatic carbocycles. The Morgan fingerprint density at radius 1 is 1.10 bits per heavy atom. The van der Waals surface area contributed by atoms with Crippen molar-refractivity contribution >= 4 is 32.9 Å². The molecule has 0 aliphatic heterocycles. The highest BCUT2D eigenvalue weighted by Crippen LogP contribution is 2.38. The Balaban J connectivity index is 2.41. The van der Waals surface area contributed by atoms with Gasteiger partial charge in [0.25, 0.3) is 0 Å². The summed E-state index contributed by atoms with van der Waals surface area (Å²) < 4.78 is 1.00. The van der Waals surface area contributed by atoms with E-state index in [1.165, 1.54) is 0 Å². The largest absolute Gasteiger partial charge is 0.235 e. The fourth-order valence-corrected chi connectivity index (χ4v) is 4.15. The molecule has 0 N–H and O–H groups in total. The van der Waals surface area contributed by atoms with Gasteiger partial charge < -0.3 is 0 Å². The lowest BCUT2D eigenvalue weighted by Crippen LogP contribution is -1.94. The van der Waals surface area contributed by atoms with Crippen molar-refractivity contribution in [1.29, 1.82) is 10.5 Å². The van der Waals surface area contributed by atoms with E-state index in [0.29, 0.717) is 11.1 Å². The molecule has 20 heavy (non-hydrogen) atoms. The van der Waals surface area contributed by atoms with Crippen LogP contribution in [0.5, 0.6) is 0 Å². The number of hydrogen-bond donors (Lipinski definition) is 0. The lowest BCUT2D eigenvalue weighted by molar-refractivity contribution is 1.33.